The number of aromatic nitrogens is 1. The van der Waals surface area contributed by atoms with E-state index in [-0.39, 0.29) is 36.4 Å². The number of unbranched alkanes of at least 4 members (excludes halogenated alkanes) is 2. The fourth-order valence-electron chi connectivity index (χ4n) is 6.63. The molecule has 0 fully saturated rings. The maximum atomic E-state index is 13.2. The number of benzene rings is 5. The zero-order chi connectivity index (χ0) is 43.1. The summed E-state index contributed by atoms with van der Waals surface area (Å²) in [4.78, 5) is 35.0. The fourth-order valence-corrected chi connectivity index (χ4v) is 9.07. The lowest BCUT2D eigenvalue weighted by molar-refractivity contribution is -0.120. The summed E-state index contributed by atoms with van der Waals surface area (Å²) in [6.07, 6.45) is 7.99. The molecule has 16 heteroatoms. The van der Waals surface area contributed by atoms with Crippen LogP contribution in [0.15, 0.2) is 131 Å². The number of carbonyl (C=O) groups is 2. The zero-order valence-corrected chi connectivity index (χ0v) is 39.3. The number of hydrazone groups is 2. The number of amides is 2. The van der Waals surface area contributed by atoms with E-state index in [4.69, 9.17) is 4.74 Å². The van der Waals surface area contributed by atoms with Gasteiger partial charge in [-0.25, -0.2) is 10.9 Å². The second-order valence-electron chi connectivity index (χ2n) is 14.0. The van der Waals surface area contributed by atoms with Crippen LogP contribution in [0.25, 0.3) is 21.7 Å². The van der Waals surface area contributed by atoms with Crippen molar-refractivity contribution in [1.82, 2.24) is 15.8 Å². The Morgan fingerprint density at radius 1 is 0.623 bits per heavy atom. The van der Waals surface area contributed by atoms with Crippen LogP contribution in [0.2, 0.25) is 0 Å². The van der Waals surface area contributed by atoms with Crippen molar-refractivity contribution in [2.75, 3.05) is 49.2 Å². The average Bonchev–Trinajstić information content (AvgIpc) is 3.25. The number of anilines is 2. The summed E-state index contributed by atoms with van der Waals surface area (Å²) in [5.74, 6) is -0.354. The quantitative estimate of drug-likeness (QED) is 0.0335. The van der Waals surface area contributed by atoms with E-state index in [0.717, 1.165) is 58.7 Å². The molecule has 2 amide bonds. The van der Waals surface area contributed by atoms with Gasteiger partial charge in [0.05, 0.1) is 48.9 Å². The average molecular weight is 1080 g/mol. The molecule has 0 aliphatic rings. The van der Waals surface area contributed by atoms with Crippen molar-refractivity contribution in [3.8, 4) is 11.5 Å². The number of nitrogens with one attached hydrogen (secondary N) is 2. The summed E-state index contributed by atoms with van der Waals surface area (Å²) < 4.78 is 8.10. The molecule has 0 atom stereocenters. The molecule has 0 spiro atoms. The van der Waals surface area contributed by atoms with Gasteiger partial charge in [-0.15, -0.1) is 0 Å². The highest BCUT2D eigenvalue weighted by molar-refractivity contribution is 9.11. The highest BCUT2D eigenvalue weighted by Gasteiger charge is 2.16. The van der Waals surface area contributed by atoms with Gasteiger partial charge in [0, 0.05) is 54.6 Å². The lowest BCUT2D eigenvalue weighted by Crippen LogP contribution is -2.36. The number of pyridine rings is 1. The first-order valence-electron chi connectivity index (χ1n) is 19.5. The highest BCUT2D eigenvalue weighted by atomic mass is 79.9. The molecular formula is C45H43Br4N7O5. The van der Waals surface area contributed by atoms with Gasteiger partial charge < -0.3 is 24.7 Å². The number of halogens is 4. The van der Waals surface area contributed by atoms with Crippen LogP contribution in [0.5, 0.6) is 11.5 Å². The molecule has 0 aliphatic heterocycles. The molecule has 0 aliphatic carbocycles. The zero-order valence-electron chi connectivity index (χ0n) is 32.9. The first-order chi connectivity index (χ1) is 29.6. The Hall–Kier alpha value is -4.87. The van der Waals surface area contributed by atoms with Crippen molar-refractivity contribution in [3.63, 3.8) is 0 Å². The number of hydrogen-bond donors (Lipinski definition) is 4. The number of carbonyl (C=O) groups excluding carboxylic acids is 2. The van der Waals surface area contributed by atoms with Crippen LogP contribution in [0.4, 0.5) is 11.4 Å². The Balaban J connectivity index is 0.993. The predicted octanol–water partition coefficient (Wildman–Crippen LogP) is 10.0. The number of nitrogens with zero attached hydrogens (tertiary/aromatic N) is 5. The van der Waals surface area contributed by atoms with Crippen molar-refractivity contribution in [3.05, 3.63) is 132 Å². The third-order valence-electron chi connectivity index (χ3n) is 9.56. The van der Waals surface area contributed by atoms with Gasteiger partial charge >= 0.3 is 0 Å². The second-order valence-corrected chi connectivity index (χ2v) is 17.4. The molecule has 5 aromatic carbocycles. The summed E-state index contributed by atoms with van der Waals surface area (Å²) in [6.45, 7) is 2.59. The number of fused-ring (bicyclic) bond motifs is 2. The summed E-state index contributed by atoms with van der Waals surface area (Å²) in [7, 11) is 0. The summed E-state index contributed by atoms with van der Waals surface area (Å²) in [6, 6.07) is 30.8. The van der Waals surface area contributed by atoms with E-state index in [1.54, 1.807) is 30.5 Å². The van der Waals surface area contributed by atoms with Crippen LogP contribution in [-0.4, -0.2) is 78.8 Å². The monoisotopic (exact) mass is 1080 g/mol. The van der Waals surface area contributed by atoms with Gasteiger partial charge in [0.15, 0.2) is 0 Å². The van der Waals surface area contributed by atoms with E-state index < -0.39 is 0 Å². The van der Waals surface area contributed by atoms with Crippen LogP contribution in [-0.2, 0) is 14.3 Å². The van der Waals surface area contributed by atoms with E-state index in [9.17, 15) is 19.8 Å². The second kappa shape index (κ2) is 22.8. The summed E-state index contributed by atoms with van der Waals surface area (Å²) in [5.41, 5.74) is 9.39. The number of rotatable bonds is 20. The smallest absolute Gasteiger partial charge is 0.259 e. The molecular weight excluding hydrogens is 1040 g/mol. The van der Waals surface area contributed by atoms with Gasteiger partial charge in [-0.1, -0.05) is 42.5 Å². The minimum atomic E-state index is -0.274. The van der Waals surface area contributed by atoms with Gasteiger partial charge in [0.1, 0.15) is 11.5 Å². The number of phenolic OH excluding ortho intramolecular Hbond substituents is 2. The van der Waals surface area contributed by atoms with Gasteiger partial charge in [0.2, 0.25) is 0 Å². The Morgan fingerprint density at radius 2 is 1.10 bits per heavy atom. The number of hydrogen-bond acceptors (Lipinski definition) is 10. The van der Waals surface area contributed by atoms with Crippen LogP contribution in [0, 0.1) is 0 Å². The lowest BCUT2D eigenvalue weighted by Gasteiger charge is -2.25. The molecule has 4 N–H and O–H groups in total. The van der Waals surface area contributed by atoms with Crippen LogP contribution in [0.1, 0.15) is 36.8 Å². The number of ether oxygens (including phenoxy) is 1. The molecule has 316 valence electrons. The molecule has 12 nitrogen and oxygen atoms in total. The van der Waals surface area contributed by atoms with Gasteiger partial charge in [-0.2, -0.15) is 10.2 Å². The van der Waals surface area contributed by atoms with Crippen LogP contribution in [0.3, 0.4) is 0 Å². The first kappa shape index (κ1) is 45.7. The molecule has 6 rings (SSSR count). The molecule has 6 aromatic rings. The molecule has 61 heavy (non-hydrogen) atoms. The Labute approximate surface area is 387 Å². The number of phenols is 2. The molecule has 0 unspecified atom stereocenters. The summed E-state index contributed by atoms with van der Waals surface area (Å²) in [5, 5.41) is 31.4. The van der Waals surface area contributed by atoms with Gasteiger partial charge in [0.25, 0.3) is 11.8 Å². The van der Waals surface area contributed by atoms with Crippen molar-refractivity contribution >= 4 is 121 Å². The lowest BCUT2D eigenvalue weighted by atomic mass is 10.1. The van der Waals surface area contributed by atoms with Crippen molar-refractivity contribution in [1.29, 1.82) is 0 Å². The molecule has 0 radical (unpaired) electrons. The third kappa shape index (κ3) is 13.1. The molecule has 1 heterocycles. The largest absolute Gasteiger partial charge is 0.506 e. The van der Waals surface area contributed by atoms with Crippen molar-refractivity contribution in [2.24, 2.45) is 10.2 Å². The number of aromatic hydroxyl groups is 2. The first-order valence-corrected chi connectivity index (χ1v) is 22.6. The van der Waals surface area contributed by atoms with Crippen molar-refractivity contribution in [2.45, 2.75) is 25.7 Å². The maximum Gasteiger partial charge on any atom is 0.259 e. The van der Waals surface area contributed by atoms with Crippen molar-refractivity contribution < 1.29 is 24.5 Å². The Morgan fingerprint density at radius 3 is 1.66 bits per heavy atom. The van der Waals surface area contributed by atoms with E-state index >= 15 is 0 Å². The van der Waals surface area contributed by atoms with Crippen LogP contribution >= 0.6 is 63.7 Å². The normalized spacial score (nSPS) is 11.5. The van der Waals surface area contributed by atoms with E-state index in [0.29, 0.717) is 55.3 Å². The molecule has 0 saturated heterocycles. The standard InChI is InChI=1S/C45H43Br4N7O5/c46-35-22-30(23-36(47)44(35)59)26-51-53-42(57)28-55(40-15-7-11-32-10-1-2-12-33(32)40)18-3-5-20-61-21-6-4-19-56(41-16-8-14-39-34(41)13-9-17-50-39)29-43(58)54-52-27-31-24-37(48)45(60)38(49)25-31/h1-2,7-17,22-27,59-60H,3-6,18-21,28-29H2,(H,53,57)(H,54,58)/b51-26+,52-27+. The van der Waals surface area contributed by atoms with Gasteiger partial charge in [-0.05, 0) is 161 Å². The Bertz CT molecular complexity index is 2310. The minimum Gasteiger partial charge on any atom is -0.506 e. The SMILES string of the molecule is O=C(CN(CCCCOCCCCN(CC(=O)N/N=C/c1cc(Br)c(O)c(Br)c1)c1cccc2ncccc12)c1cccc2ccccc12)N/N=C/c1cc(Br)c(O)c(Br)c1. The predicted molar refractivity (Wildman–Crippen MR) is 258 cm³/mol. The molecule has 0 bridgehead atoms. The Kier molecular flexibility index (Phi) is 17.1. The maximum absolute atomic E-state index is 13.2. The fraction of sp³-hybridized carbons (Fsp3) is 0.222. The highest BCUT2D eigenvalue weighted by Crippen LogP contribution is 2.34. The third-order valence-corrected chi connectivity index (χ3v) is 12.0. The molecule has 1 aromatic heterocycles. The van der Waals surface area contributed by atoms with Crippen LogP contribution < -0.4 is 20.7 Å². The van der Waals surface area contributed by atoms with E-state index in [1.807, 2.05) is 59.5 Å². The van der Waals surface area contributed by atoms with E-state index in [2.05, 4.69) is 113 Å². The van der Waals surface area contributed by atoms with E-state index in [1.165, 1.54) is 12.4 Å². The minimum absolute atomic E-state index is 0.0845. The topological polar surface area (TPSA) is 152 Å². The summed E-state index contributed by atoms with van der Waals surface area (Å²) >= 11 is 13.3. The molecule has 0 saturated carbocycles. The van der Waals surface area contributed by atoms with Gasteiger partial charge in [-0.3, -0.25) is 14.6 Å².